The van der Waals surface area contributed by atoms with Crippen LogP contribution in [0.5, 0.6) is 5.75 Å². The molecule has 1 aromatic heterocycles. The Morgan fingerprint density at radius 2 is 2.11 bits per heavy atom. The zero-order valence-electron chi connectivity index (χ0n) is 10.6. The van der Waals surface area contributed by atoms with Crippen LogP contribution >= 0.6 is 0 Å². The van der Waals surface area contributed by atoms with Crippen molar-refractivity contribution in [2.45, 2.75) is 20.0 Å². The molecule has 0 unspecified atom stereocenters. The highest BCUT2D eigenvalue weighted by molar-refractivity contribution is 5.94. The molecule has 0 bridgehead atoms. The summed E-state index contributed by atoms with van der Waals surface area (Å²) < 4.78 is 9.80. The van der Waals surface area contributed by atoms with Crippen molar-refractivity contribution >= 4 is 11.9 Å². The van der Waals surface area contributed by atoms with E-state index in [4.69, 9.17) is 4.74 Å². The second-order valence-electron chi connectivity index (χ2n) is 3.80. The summed E-state index contributed by atoms with van der Waals surface area (Å²) in [7, 11) is 1.25. The summed E-state index contributed by atoms with van der Waals surface area (Å²) in [6, 6.07) is 3.18. The second kappa shape index (κ2) is 6.58. The van der Waals surface area contributed by atoms with Gasteiger partial charge < -0.3 is 14.8 Å². The maximum absolute atomic E-state index is 11.6. The Hall–Kier alpha value is -2.11. The number of pyridine rings is 1. The predicted molar refractivity (Wildman–Crippen MR) is 64.4 cm³/mol. The average Bonchev–Trinajstić information content (AvgIpc) is 2.35. The summed E-state index contributed by atoms with van der Waals surface area (Å²) in [6.07, 6.45) is 1.51. The molecule has 98 valence electrons. The number of nitrogens with zero attached hydrogens (tertiary/aromatic N) is 1. The number of amides is 1. The van der Waals surface area contributed by atoms with Crippen molar-refractivity contribution in [1.29, 1.82) is 0 Å². The van der Waals surface area contributed by atoms with Gasteiger partial charge in [-0.2, -0.15) is 0 Å². The molecule has 1 heterocycles. The van der Waals surface area contributed by atoms with E-state index in [0.29, 0.717) is 5.75 Å². The van der Waals surface area contributed by atoms with Gasteiger partial charge in [0.1, 0.15) is 18.0 Å². The van der Waals surface area contributed by atoms with Gasteiger partial charge in [-0.05, 0) is 26.0 Å². The molecular formula is C12H16N2O4. The third-order valence-corrected chi connectivity index (χ3v) is 1.96. The minimum absolute atomic E-state index is 0.0470. The van der Waals surface area contributed by atoms with Gasteiger partial charge >= 0.3 is 5.97 Å². The van der Waals surface area contributed by atoms with Gasteiger partial charge in [0, 0.05) is 0 Å². The summed E-state index contributed by atoms with van der Waals surface area (Å²) in [6.45, 7) is 3.62. The molecule has 0 spiro atoms. The van der Waals surface area contributed by atoms with Gasteiger partial charge in [-0.3, -0.25) is 9.59 Å². The number of rotatable bonds is 5. The molecule has 1 N–H and O–H groups in total. The Labute approximate surface area is 105 Å². The number of ether oxygens (including phenoxy) is 2. The number of esters is 1. The van der Waals surface area contributed by atoms with E-state index in [0.717, 1.165) is 0 Å². The van der Waals surface area contributed by atoms with Crippen LogP contribution in [0.15, 0.2) is 18.3 Å². The average molecular weight is 252 g/mol. The molecule has 0 radical (unpaired) electrons. The molecule has 6 nitrogen and oxygen atoms in total. The zero-order valence-corrected chi connectivity index (χ0v) is 10.6. The van der Waals surface area contributed by atoms with Gasteiger partial charge in [0.25, 0.3) is 5.91 Å². The van der Waals surface area contributed by atoms with Crippen LogP contribution in [0.2, 0.25) is 0 Å². The molecule has 0 aliphatic heterocycles. The maximum Gasteiger partial charge on any atom is 0.325 e. The van der Waals surface area contributed by atoms with Crippen molar-refractivity contribution in [1.82, 2.24) is 10.3 Å². The van der Waals surface area contributed by atoms with Crippen LogP contribution in [-0.4, -0.2) is 36.6 Å². The molecule has 0 saturated heterocycles. The minimum Gasteiger partial charge on any atom is -0.489 e. The van der Waals surface area contributed by atoms with Crippen molar-refractivity contribution in [3.8, 4) is 5.75 Å². The van der Waals surface area contributed by atoms with E-state index in [2.05, 4.69) is 15.0 Å². The van der Waals surface area contributed by atoms with Gasteiger partial charge in [-0.1, -0.05) is 0 Å². The van der Waals surface area contributed by atoms with Crippen LogP contribution in [0, 0.1) is 0 Å². The lowest BCUT2D eigenvalue weighted by Gasteiger charge is -2.09. The Bertz CT molecular complexity index is 415. The molecule has 0 aromatic carbocycles. The third-order valence-electron chi connectivity index (χ3n) is 1.96. The normalized spacial score (nSPS) is 10.0. The van der Waals surface area contributed by atoms with E-state index in [-0.39, 0.29) is 18.3 Å². The van der Waals surface area contributed by atoms with E-state index in [1.54, 1.807) is 6.07 Å². The van der Waals surface area contributed by atoms with Crippen molar-refractivity contribution in [2.75, 3.05) is 13.7 Å². The lowest BCUT2D eigenvalue weighted by molar-refractivity contribution is -0.139. The number of methoxy groups -OCH3 is 1. The number of carbonyl (C=O) groups is 2. The molecule has 0 fully saturated rings. The van der Waals surface area contributed by atoms with E-state index in [1.165, 1.54) is 19.4 Å². The molecule has 0 atom stereocenters. The molecule has 1 amide bonds. The first-order chi connectivity index (χ1) is 8.52. The van der Waals surface area contributed by atoms with Crippen LogP contribution in [0.1, 0.15) is 24.3 Å². The minimum atomic E-state index is -0.511. The van der Waals surface area contributed by atoms with E-state index >= 15 is 0 Å². The lowest BCUT2D eigenvalue weighted by Crippen LogP contribution is -2.30. The summed E-state index contributed by atoms with van der Waals surface area (Å²) in [4.78, 5) is 26.4. The van der Waals surface area contributed by atoms with Crippen molar-refractivity contribution < 1.29 is 19.1 Å². The number of carbonyl (C=O) groups excluding carboxylic acids is 2. The van der Waals surface area contributed by atoms with Crippen molar-refractivity contribution in [2.24, 2.45) is 0 Å². The van der Waals surface area contributed by atoms with E-state index in [9.17, 15) is 9.59 Å². The number of aromatic nitrogens is 1. The van der Waals surface area contributed by atoms with Gasteiger partial charge in [-0.25, -0.2) is 4.98 Å². The highest BCUT2D eigenvalue weighted by Crippen LogP contribution is 2.10. The molecule has 0 saturated carbocycles. The Morgan fingerprint density at radius 3 is 2.61 bits per heavy atom. The molecule has 18 heavy (non-hydrogen) atoms. The fourth-order valence-electron chi connectivity index (χ4n) is 1.17. The fraction of sp³-hybridized carbons (Fsp3) is 0.417. The topological polar surface area (TPSA) is 77.5 Å². The van der Waals surface area contributed by atoms with Crippen LogP contribution in [-0.2, 0) is 9.53 Å². The van der Waals surface area contributed by atoms with E-state index < -0.39 is 11.9 Å². The monoisotopic (exact) mass is 252 g/mol. The van der Waals surface area contributed by atoms with Gasteiger partial charge in [0.2, 0.25) is 0 Å². The van der Waals surface area contributed by atoms with E-state index in [1.807, 2.05) is 13.8 Å². The zero-order chi connectivity index (χ0) is 13.5. The largest absolute Gasteiger partial charge is 0.489 e. The molecule has 6 heteroatoms. The number of hydrogen-bond acceptors (Lipinski definition) is 5. The van der Waals surface area contributed by atoms with Crippen molar-refractivity contribution in [3.05, 3.63) is 24.0 Å². The quantitative estimate of drug-likeness (QED) is 0.783. The predicted octanol–water partition coefficient (Wildman–Crippen LogP) is 0.772. The highest BCUT2D eigenvalue weighted by Gasteiger charge is 2.09. The Morgan fingerprint density at radius 1 is 1.39 bits per heavy atom. The van der Waals surface area contributed by atoms with Crippen LogP contribution < -0.4 is 10.1 Å². The highest BCUT2D eigenvalue weighted by atomic mass is 16.5. The Balaban J connectivity index is 2.56. The fourth-order valence-corrected chi connectivity index (χ4v) is 1.17. The summed E-state index contributed by atoms with van der Waals surface area (Å²) in [5.41, 5.74) is 0.218. The van der Waals surface area contributed by atoms with Crippen molar-refractivity contribution in [3.63, 3.8) is 0 Å². The first-order valence-electron chi connectivity index (χ1n) is 5.50. The molecule has 1 rings (SSSR count). The number of nitrogens with one attached hydrogen (secondary N) is 1. The smallest absolute Gasteiger partial charge is 0.325 e. The maximum atomic E-state index is 11.6. The first kappa shape index (κ1) is 14.0. The lowest BCUT2D eigenvalue weighted by atomic mass is 10.3. The third kappa shape index (κ3) is 4.40. The Kier molecular flexibility index (Phi) is 5.10. The number of hydrogen-bond donors (Lipinski definition) is 1. The summed E-state index contributed by atoms with van der Waals surface area (Å²) in [5.74, 6) is -0.353. The van der Waals surface area contributed by atoms with Gasteiger partial charge in [0.15, 0.2) is 0 Å². The van der Waals surface area contributed by atoms with Crippen LogP contribution in [0.25, 0.3) is 0 Å². The SMILES string of the molecule is COC(=O)CNC(=O)c1ccc(OC(C)C)cn1. The summed E-state index contributed by atoms with van der Waals surface area (Å²) in [5, 5.41) is 2.39. The standard InChI is InChI=1S/C12H16N2O4/c1-8(2)18-9-4-5-10(13-6-9)12(16)14-7-11(15)17-3/h4-6,8H,7H2,1-3H3,(H,14,16). The molecule has 0 aliphatic rings. The molecule has 0 aliphatic carbocycles. The van der Waals surface area contributed by atoms with Crippen LogP contribution in [0.3, 0.4) is 0 Å². The van der Waals surface area contributed by atoms with Crippen LogP contribution in [0.4, 0.5) is 0 Å². The summed E-state index contributed by atoms with van der Waals surface area (Å²) >= 11 is 0. The van der Waals surface area contributed by atoms with Gasteiger partial charge in [-0.15, -0.1) is 0 Å². The first-order valence-corrected chi connectivity index (χ1v) is 5.50. The van der Waals surface area contributed by atoms with Gasteiger partial charge in [0.05, 0.1) is 19.4 Å². The molecular weight excluding hydrogens is 236 g/mol. The second-order valence-corrected chi connectivity index (χ2v) is 3.80. The molecule has 1 aromatic rings.